The molecule has 3 N–H and O–H groups in total. The van der Waals surface area contributed by atoms with Crippen molar-refractivity contribution in [3.05, 3.63) is 35.9 Å². The molecule has 0 aromatic heterocycles. The van der Waals surface area contributed by atoms with Crippen LogP contribution in [-0.4, -0.2) is 18.0 Å². The molecule has 0 bridgehead atoms. The highest BCUT2D eigenvalue weighted by molar-refractivity contribution is 5.94. The Kier molecular flexibility index (Phi) is 4.50. The van der Waals surface area contributed by atoms with Gasteiger partial charge in [-0.25, -0.2) is 0 Å². The van der Waals surface area contributed by atoms with Gasteiger partial charge in [0.1, 0.15) is 0 Å². The number of hydrogen-bond donors (Lipinski definition) is 2. The zero-order chi connectivity index (χ0) is 12.0. The number of benzene rings is 1. The summed E-state index contributed by atoms with van der Waals surface area (Å²) in [7, 11) is 0. The lowest BCUT2D eigenvalue weighted by molar-refractivity contribution is 0.0942. The fraction of sp³-hybridized carbons (Fsp3) is 0.462. The molecule has 16 heavy (non-hydrogen) atoms. The second-order valence-corrected chi connectivity index (χ2v) is 4.12. The van der Waals surface area contributed by atoms with Gasteiger partial charge in [-0.15, -0.1) is 0 Å². The number of nitrogens with two attached hydrogens (primary N) is 1. The quantitative estimate of drug-likeness (QED) is 0.796. The molecule has 0 fully saturated rings. The molecule has 0 heterocycles. The Morgan fingerprint density at radius 2 is 1.81 bits per heavy atom. The lowest BCUT2D eigenvalue weighted by Crippen LogP contribution is -2.49. The first-order valence-corrected chi connectivity index (χ1v) is 5.73. The van der Waals surface area contributed by atoms with Crippen molar-refractivity contribution in [2.75, 3.05) is 6.54 Å². The van der Waals surface area contributed by atoms with Crippen LogP contribution in [0.2, 0.25) is 0 Å². The molecule has 1 amide bonds. The van der Waals surface area contributed by atoms with Crippen molar-refractivity contribution in [1.82, 2.24) is 5.32 Å². The van der Waals surface area contributed by atoms with E-state index in [1.54, 1.807) is 12.1 Å². The van der Waals surface area contributed by atoms with Gasteiger partial charge in [0.2, 0.25) is 0 Å². The van der Waals surface area contributed by atoms with Gasteiger partial charge in [-0.2, -0.15) is 0 Å². The number of rotatable bonds is 5. The monoisotopic (exact) mass is 220 g/mol. The minimum atomic E-state index is -0.287. The van der Waals surface area contributed by atoms with E-state index in [9.17, 15) is 4.79 Å². The maximum Gasteiger partial charge on any atom is 0.251 e. The predicted octanol–water partition coefficient (Wildman–Crippen LogP) is 1.93. The van der Waals surface area contributed by atoms with Crippen LogP contribution in [0.5, 0.6) is 0 Å². The van der Waals surface area contributed by atoms with Gasteiger partial charge < -0.3 is 11.1 Å². The molecule has 0 radical (unpaired) electrons. The van der Waals surface area contributed by atoms with Crippen LogP contribution in [0.3, 0.4) is 0 Å². The molecular weight excluding hydrogens is 200 g/mol. The highest BCUT2D eigenvalue weighted by Crippen LogP contribution is 2.09. The van der Waals surface area contributed by atoms with Gasteiger partial charge in [-0.3, -0.25) is 4.79 Å². The van der Waals surface area contributed by atoms with E-state index < -0.39 is 0 Å². The van der Waals surface area contributed by atoms with E-state index in [2.05, 4.69) is 5.32 Å². The van der Waals surface area contributed by atoms with E-state index in [0.29, 0.717) is 12.1 Å². The topological polar surface area (TPSA) is 55.1 Å². The van der Waals surface area contributed by atoms with Crippen LogP contribution < -0.4 is 11.1 Å². The molecule has 0 spiro atoms. The van der Waals surface area contributed by atoms with Gasteiger partial charge >= 0.3 is 0 Å². The normalized spacial score (nSPS) is 11.2. The van der Waals surface area contributed by atoms with Crippen LogP contribution in [0.25, 0.3) is 0 Å². The highest BCUT2D eigenvalue weighted by Gasteiger charge is 2.20. The average Bonchev–Trinajstić information content (AvgIpc) is 2.36. The Hall–Kier alpha value is -1.35. The number of nitrogens with one attached hydrogen (secondary N) is 1. The van der Waals surface area contributed by atoms with Crippen molar-refractivity contribution < 1.29 is 4.79 Å². The maximum atomic E-state index is 11.8. The number of amides is 1. The molecule has 0 aliphatic heterocycles. The summed E-state index contributed by atoms with van der Waals surface area (Å²) in [5.74, 6) is -0.0580. The van der Waals surface area contributed by atoms with Gasteiger partial charge in [0, 0.05) is 17.6 Å². The summed E-state index contributed by atoms with van der Waals surface area (Å²) in [5, 5.41) is 2.88. The standard InChI is InChI=1S/C13H20N2O/c1-3-13(14,4-2)10-15-12(16)11-8-6-5-7-9-11/h5-9H,3-4,10,14H2,1-2H3,(H,15,16). The first-order chi connectivity index (χ1) is 7.61. The number of hydrogen-bond acceptors (Lipinski definition) is 2. The van der Waals surface area contributed by atoms with Crippen LogP contribution >= 0.6 is 0 Å². The molecule has 0 saturated heterocycles. The molecule has 3 heteroatoms. The minimum absolute atomic E-state index is 0.0580. The minimum Gasteiger partial charge on any atom is -0.350 e. The third-order valence-electron chi connectivity index (χ3n) is 3.05. The summed E-state index contributed by atoms with van der Waals surface area (Å²) in [6.45, 7) is 4.60. The lowest BCUT2D eigenvalue weighted by Gasteiger charge is -2.26. The Morgan fingerprint density at radius 3 is 2.31 bits per heavy atom. The summed E-state index contributed by atoms with van der Waals surface area (Å²) in [6, 6.07) is 9.19. The average molecular weight is 220 g/mol. The Bertz CT molecular complexity index is 331. The molecule has 1 aromatic rings. The summed E-state index contributed by atoms with van der Waals surface area (Å²) >= 11 is 0. The smallest absolute Gasteiger partial charge is 0.251 e. The van der Waals surface area contributed by atoms with Gasteiger partial charge in [0.05, 0.1) is 0 Å². The molecule has 1 aromatic carbocycles. The fourth-order valence-corrected chi connectivity index (χ4v) is 1.45. The Balaban J connectivity index is 2.54. The second-order valence-electron chi connectivity index (χ2n) is 4.12. The van der Waals surface area contributed by atoms with Crippen LogP contribution in [0.15, 0.2) is 30.3 Å². The van der Waals surface area contributed by atoms with E-state index in [1.807, 2.05) is 32.0 Å². The van der Waals surface area contributed by atoms with Crippen LogP contribution in [0.1, 0.15) is 37.0 Å². The molecule has 0 unspecified atom stereocenters. The third kappa shape index (κ3) is 3.35. The molecule has 0 aliphatic carbocycles. The van der Waals surface area contributed by atoms with Crippen molar-refractivity contribution >= 4 is 5.91 Å². The van der Waals surface area contributed by atoms with Gasteiger partial charge in [-0.1, -0.05) is 32.0 Å². The van der Waals surface area contributed by atoms with Crippen molar-refractivity contribution in [2.45, 2.75) is 32.2 Å². The summed E-state index contributed by atoms with van der Waals surface area (Å²) in [4.78, 5) is 11.8. The van der Waals surface area contributed by atoms with Crippen molar-refractivity contribution in [2.24, 2.45) is 5.73 Å². The lowest BCUT2D eigenvalue weighted by atomic mass is 9.94. The first kappa shape index (κ1) is 12.7. The maximum absolute atomic E-state index is 11.8. The van der Waals surface area contributed by atoms with E-state index in [0.717, 1.165) is 12.8 Å². The molecule has 88 valence electrons. The van der Waals surface area contributed by atoms with E-state index in [-0.39, 0.29) is 11.4 Å². The largest absolute Gasteiger partial charge is 0.350 e. The van der Waals surface area contributed by atoms with Gasteiger partial charge in [0.25, 0.3) is 5.91 Å². The SMILES string of the molecule is CCC(N)(CC)CNC(=O)c1ccccc1. The van der Waals surface area contributed by atoms with E-state index in [4.69, 9.17) is 5.73 Å². The molecule has 0 atom stereocenters. The molecule has 3 nitrogen and oxygen atoms in total. The fourth-order valence-electron chi connectivity index (χ4n) is 1.45. The number of carbonyl (C=O) groups excluding carboxylic acids is 1. The molecular formula is C13H20N2O. The van der Waals surface area contributed by atoms with Crippen LogP contribution in [0.4, 0.5) is 0 Å². The second kappa shape index (κ2) is 5.66. The van der Waals surface area contributed by atoms with Crippen molar-refractivity contribution in [3.8, 4) is 0 Å². The number of carbonyl (C=O) groups is 1. The Labute approximate surface area is 97.0 Å². The summed E-state index contributed by atoms with van der Waals surface area (Å²) in [5.41, 5.74) is 6.50. The summed E-state index contributed by atoms with van der Waals surface area (Å²) < 4.78 is 0. The summed E-state index contributed by atoms with van der Waals surface area (Å²) in [6.07, 6.45) is 1.72. The van der Waals surface area contributed by atoms with E-state index in [1.165, 1.54) is 0 Å². The molecule has 0 saturated carbocycles. The molecule has 0 aliphatic rings. The van der Waals surface area contributed by atoms with Gasteiger partial charge in [-0.05, 0) is 25.0 Å². The van der Waals surface area contributed by atoms with Crippen LogP contribution in [0, 0.1) is 0 Å². The van der Waals surface area contributed by atoms with Crippen LogP contribution in [-0.2, 0) is 0 Å². The molecule has 1 rings (SSSR count). The third-order valence-corrected chi connectivity index (χ3v) is 3.05. The van der Waals surface area contributed by atoms with Crippen molar-refractivity contribution in [3.63, 3.8) is 0 Å². The zero-order valence-corrected chi connectivity index (χ0v) is 9.99. The van der Waals surface area contributed by atoms with E-state index >= 15 is 0 Å². The predicted molar refractivity (Wildman–Crippen MR) is 66.3 cm³/mol. The Morgan fingerprint density at radius 1 is 1.25 bits per heavy atom. The zero-order valence-electron chi connectivity index (χ0n) is 9.99. The first-order valence-electron chi connectivity index (χ1n) is 5.73. The highest BCUT2D eigenvalue weighted by atomic mass is 16.1. The van der Waals surface area contributed by atoms with Crippen molar-refractivity contribution in [1.29, 1.82) is 0 Å². The van der Waals surface area contributed by atoms with Gasteiger partial charge in [0.15, 0.2) is 0 Å².